The number of alkyl halides is 3. The van der Waals surface area contributed by atoms with E-state index >= 15 is 0 Å². The SMILES string of the molecule is NC(=S)N/N=C/c1cc(F)c(N2CCCC2)cc1F.NCc1ccccc1C(F)(F)F. The predicted octanol–water partition coefficient (Wildman–Crippen LogP) is 3.90. The van der Waals surface area contributed by atoms with Crippen LogP contribution in [-0.2, 0) is 12.7 Å². The summed E-state index contributed by atoms with van der Waals surface area (Å²) in [6, 6.07) is 7.61. The second kappa shape index (κ2) is 11.0. The highest BCUT2D eigenvalue weighted by atomic mass is 32.1. The van der Waals surface area contributed by atoms with Crippen molar-refractivity contribution < 1.29 is 22.0 Å². The van der Waals surface area contributed by atoms with Gasteiger partial charge in [0.1, 0.15) is 11.6 Å². The van der Waals surface area contributed by atoms with Crippen LogP contribution in [-0.4, -0.2) is 24.4 Å². The number of anilines is 1. The molecule has 2 aromatic rings. The Morgan fingerprint density at radius 1 is 1.13 bits per heavy atom. The largest absolute Gasteiger partial charge is 0.416 e. The first kappa shape index (κ1) is 24.5. The quantitative estimate of drug-likeness (QED) is 0.280. The van der Waals surface area contributed by atoms with Crippen LogP contribution in [0.5, 0.6) is 0 Å². The van der Waals surface area contributed by atoms with E-state index in [-0.39, 0.29) is 22.8 Å². The minimum absolute atomic E-state index is 0.0363. The Morgan fingerprint density at radius 3 is 2.32 bits per heavy atom. The van der Waals surface area contributed by atoms with E-state index in [1.165, 1.54) is 24.3 Å². The highest BCUT2D eigenvalue weighted by Gasteiger charge is 2.32. The maximum atomic E-state index is 13.9. The molecule has 3 rings (SSSR count). The number of nitrogens with one attached hydrogen (secondary N) is 1. The van der Waals surface area contributed by atoms with Gasteiger partial charge in [0.05, 0.1) is 17.5 Å². The molecule has 1 heterocycles. The van der Waals surface area contributed by atoms with Crippen molar-refractivity contribution >= 4 is 29.2 Å². The van der Waals surface area contributed by atoms with E-state index < -0.39 is 23.4 Å². The molecule has 31 heavy (non-hydrogen) atoms. The zero-order valence-electron chi connectivity index (χ0n) is 16.4. The van der Waals surface area contributed by atoms with Crippen LogP contribution in [0.1, 0.15) is 29.5 Å². The van der Waals surface area contributed by atoms with Crippen molar-refractivity contribution in [2.45, 2.75) is 25.6 Å². The van der Waals surface area contributed by atoms with Crippen LogP contribution < -0.4 is 21.8 Å². The highest BCUT2D eigenvalue weighted by Crippen LogP contribution is 2.31. The number of benzene rings is 2. The Morgan fingerprint density at radius 2 is 1.77 bits per heavy atom. The van der Waals surface area contributed by atoms with Crippen LogP contribution in [0.25, 0.3) is 0 Å². The summed E-state index contributed by atoms with van der Waals surface area (Å²) < 4.78 is 64.3. The fourth-order valence-electron chi connectivity index (χ4n) is 2.99. The molecule has 11 heteroatoms. The molecule has 2 aromatic carbocycles. The number of halogens is 5. The normalized spacial score (nSPS) is 13.8. The van der Waals surface area contributed by atoms with Gasteiger partial charge in [-0.2, -0.15) is 18.3 Å². The first-order valence-corrected chi connectivity index (χ1v) is 9.72. The third-order valence-electron chi connectivity index (χ3n) is 4.43. The molecule has 0 aromatic heterocycles. The summed E-state index contributed by atoms with van der Waals surface area (Å²) in [5.74, 6) is -0.989. The van der Waals surface area contributed by atoms with Crippen LogP contribution in [0.15, 0.2) is 41.5 Å². The lowest BCUT2D eigenvalue weighted by atomic mass is 10.1. The molecule has 0 saturated carbocycles. The predicted molar refractivity (Wildman–Crippen MR) is 115 cm³/mol. The molecule has 0 bridgehead atoms. The van der Waals surface area contributed by atoms with Gasteiger partial charge in [-0.3, -0.25) is 5.43 Å². The summed E-state index contributed by atoms with van der Waals surface area (Å²) in [4.78, 5) is 1.84. The van der Waals surface area contributed by atoms with Gasteiger partial charge in [0.15, 0.2) is 5.11 Å². The van der Waals surface area contributed by atoms with Gasteiger partial charge in [0.25, 0.3) is 0 Å². The first-order valence-electron chi connectivity index (χ1n) is 9.31. The fourth-order valence-corrected chi connectivity index (χ4v) is 3.04. The van der Waals surface area contributed by atoms with Crippen LogP contribution in [0.2, 0.25) is 0 Å². The van der Waals surface area contributed by atoms with Crippen molar-refractivity contribution in [2.24, 2.45) is 16.6 Å². The second-order valence-corrected chi connectivity index (χ2v) is 7.05. The van der Waals surface area contributed by atoms with Gasteiger partial charge in [0.2, 0.25) is 0 Å². The van der Waals surface area contributed by atoms with Crippen LogP contribution in [0.4, 0.5) is 27.6 Å². The lowest BCUT2D eigenvalue weighted by Gasteiger charge is -2.18. The summed E-state index contributed by atoms with van der Waals surface area (Å²) >= 11 is 4.54. The van der Waals surface area contributed by atoms with Crippen LogP contribution in [0, 0.1) is 11.6 Å². The smallest absolute Gasteiger partial charge is 0.375 e. The molecule has 5 N–H and O–H groups in total. The van der Waals surface area contributed by atoms with Crippen molar-refractivity contribution in [3.05, 3.63) is 64.7 Å². The van der Waals surface area contributed by atoms with Gasteiger partial charge in [-0.05, 0) is 42.8 Å². The summed E-state index contributed by atoms with van der Waals surface area (Å²) in [6.07, 6.45) is -1.15. The minimum atomic E-state index is -4.30. The van der Waals surface area contributed by atoms with Crippen LogP contribution >= 0.6 is 12.2 Å². The van der Waals surface area contributed by atoms with E-state index in [1.807, 2.05) is 4.90 Å². The number of hydrogen-bond donors (Lipinski definition) is 3. The van der Waals surface area contributed by atoms with E-state index in [9.17, 15) is 22.0 Å². The Hall–Kier alpha value is -2.79. The molecule has 168 valence electrons. The van der Waals surface area contributed by atoms with Crippen molar-refractivity contribution in [3.63, 3.8) is 0 Å². The summed E-state index contributed by atoms with van der Waals surface area (Å²) in [6.45, 7) is 1.43. The van der Waals surface area contributed by atoms with Gasteiger partial charge in [-0.1, -0.05) is 18.2 Å². The van der Waals surface area contributed by atoms with E-state index in [1.54, 1.807) is 0 Å². The molecular weight excluding hydrogens is 437 g/mol. The number of thiocarbonyl (C=S) groups is 1. The molecule has 1 saturated heterocycles. The molecule has 1 fully saturated rings. The summed E-state index contributed by atoms with van der Waals surface area (Å²) in [7, 11) is 0. The van der Waals surface area contributed by atoms with E-state index in [2.05, 4.69) is 22.7 Å². The molecule has 0 atom stereocenters. The molecule has 1 aliphatic heterocycles. The molecule has 0 amide bonds. The van der Waals surface area contributed by atoms with Crippen molar-refractivity contribution in [1.29, 1.82) is 0 Å². The van der Waals surface area contributed by atoms with Crippen molar-refractivity contribution in [2.75, 3.05) is 18.0 Å². The standard InChI is InChI=1S/C12H14F2N4S.C8H8F3N/c13-9-6-11(18-3-1-2-4-18)10(14)5-8(9)7-16-17-12(15)19;9-8(10,11)7-4-2-1-3-6(7)5-12/h5-7H,1-4H2,(H3,15,17,19);1-4H,5,12H2/b16-7+;. The number of nitrogens with two attached hydrogens (primary N) is 2. The zero-order valence-corrected chi connectivity index (χ0v) is 17.2. The molecular formula is C20H22F5N5S. The van der Waals surface area contributed by atoms with Gasteiger partial charge in [0, 0.05) is 31.3 Å². The monoisotopic (exact) mass is 459 g/mol. The van der Waals surface area contributed by atoms with Gasteiger partial charge < -0.3 is 16.4 Å². The average Bonchev–Trinajstić information content (AvgIpc) is 3.24. The number of hydrazone groups is 1. The highest BCUT2D eigenvalue weighted by molar-refractivity contribution is 7.80. The molecule has 0 spiro atoms. The Labute approximate surface area is 181 Å². The third kappa shape index (κ3) is 7.14. The minimum Gasteiger partial charge on any atom is -0.375 e. The van der Waals surface area contributed by atoms with E-state index in [0.717, 1.165) is 44.3 Å². The maximum absolute atomic E-state index is 13.9. The lowest BCUT2D eigenvalue weighted by molar-refractivity contribution is -0.138. The third-order valence-corrected chi connectivity index (χ3v) is 4.53. The average molecular weight is 459 g/mol. The Bertz CT molecular complexity index is 927. The number of hydrogen-bond acceptors (Lipinski definition) is 4. The van der Waals surface area contributed by atoms with E-state index in [0.29, 0.717) is 5.69 Å². The summed E-state index contributed by atoms with van der Waals surface area (Å²) in [5, 5.41) is 3.57. The van der Waals surface area contributed by atoms with Gasteiger partial charge in [-0.25, -0.2) is 8.78 Å². The summed E-state index contributed by atoms with van der Waals surface area (Å²) in [5.41, 5.74) is 12.4. The number of rotatable bonds is 4. The second-order valence-electron chi connectivity index (χ2n) is 6.61. The van der Waals surface area contributed by atoms with E-state index in [4.69, 9.17) is 11.5 Å². The Kier molecular flexibility index (Phi) is 8.69. The molecule has 1 aliphatic rings. The Balaban J connectivity index is 0.000000245. The molecule has 5 nitrogen and oxygen atoms in total. The van der Waals surface area contributed by atoms with Gasteiger partial charge >= 0.3 is 6.18 Å². The first-order chi connectivity index (χ1) is 14.6. The molecule has 0 radical (unpaired) electrons. The van der Waals surface area contributed by atoms with Gasteiger partial charge in [-0.15, -0.1) is 0 Å². The topological polar surface area (TPSA) is 79.7 Å². The molecule has 0 unspecified atom stereocenters. The van der Waals surface area contributed by atoms with Crippen LogP contribution in [0.3, 0.4) is 0 Å². The molecule has 0 aliphatic carbocycles. The van der Waals surface area contributed by atoms with Crippen molar-refractivity contribution in [1.82, 2.24) is 5.43 Å². The van der Waals surface area contributed by atoms with Crippen molar-refractivity contribution in [3.8, 4) is 0 Å². The maximum Gasteiger partial charge on any atom is 0.416 e. The fraction of sp³-hybridized carbons (Fsp3) is 0.300. The number of nitrogens with zero attached hydrogens (tertiary/aromatic N) is 2. The lowest BCUT2D eigenvalue weighted by Crippen LogP contribution is -2.24. The zero-order chi connectivity index (χ0) is 23.0.